The van der Waals surface area contributed by atoms with Gasteiger partial charge in [0.05, 0.1) is 25.4 Å². The SMILES string of the molecule is COC(=O)C1=C(C)N(CCc2ccccc2)C(=O)/C1=C\c1cc(Br)ccc1OC. The second-order valence-corrected chi connectivity index (χ2v) is 7.50. The third-order valence-electron chi connectivity index (χ3n) is 4.86. The van der Waals surface area contributed by atoms with Gasteiger partial charge in [0.25, 0.3) is 5.91 Å². The van der Waals surface area contributed by atoms with Crippen molar-refractivity contribution in [1.29, 1.82) is 0 Å². The zero-order chi connectivity index (χ0) is 21.0. The van der Waals surface area contributed by atoms with Crippen LogP contribution in [0, 0.1) is 0 Å². The molecule has 0 saturated carbocycles. The van der Waals surface area contributed by atoms with Crippen molar-refractivity contribution in [2.75, 3.05) is 20.8 Å². The number of hydrogen-bond donors (Lipinski definition) is 0. The standard InChI is InChI=1S/C23H22BrNO4/c1-15-21(23(27)29-3)19(14-17-13-18(24)9-10-20(17)28-2)22(26)25(15)12-11-16-7-5-4-6-8-16/h4-10,13-14H,11-12H2,1-3H3/b19-14-. The Hall–Kier alpha value is -2.86. The van der Waals surface area contributed by atoms with E-state index in [1.54, 1.807) is 31.1 Å². The van der Waals surface area contributed by atoms with Crippen molar-refractivity contribution in [2.24, 2.45) is 0 Å². The number of ether oxygens (including phenoxy) is 2. The molecule has 2 aromatic carbocycles. The van der Waals surface area contributed by atoms with E-state index in [1.165, 1.54) is 7.11 Å². The summed E-state index contributed by atoms with van der Waals surface area (Å²) in [5, 5.41) is 0. The molecule has 6 heteroatoms. The summed E-state index contributed by atoms with van der Waals surface area (Å²) in [5.41, 5.74) is 3.01. The molecule has 0 bridgehead atoms. The average Bonchev–Trinajstić information content (AvgIpc) is 2.96. The van der Waals surface area contributed by atoms with Crippen LogP contribution in [0.2, 0.25) is 0 Å². The van der Waals surface area contributed by atoms with E-state index in [2.05, 4.69) is 15.9 Å². The normalized spacial score (nSPS) is 15.2. The van der Waals surface area contributed by atoms with Crippen LogP contribution in [0.1, 0.15) is 18.1 Å². The maximum atomic E-state index is 13.2. The van der Waals surface area contributed by atoms with Gasteiger partial charge in [-0.2, -0.15) is 0 Å². The summed E-state index contributed by atoms with van der Waals surface area (Å²) in [6.45, 7) is 2.25. The van der Waals surface area contributed by atoms with E-state index in [0.29, 0.717) is 35.5 Å². The molecule has 0 radical (unpaired) electrons. The Morgan fingerprint density at radius 2 is 1.86 bits per heavy atom. The Morgan fingerprint density at radius 1 is 1.14 bits per heavy atom. The van der Waals surface area contributed by atoms with Crippen molar-refractivity contribution in [3.05, 3.63) is 81.0 Å². The van der Waals surface area contributed by atoms with E-state index in [9.17, 15) is 9.59 Å². The summed E-state index contributed by atoms with van der Waals surface area (Å²) < 4.78 is 11.2. The van der Waals surface area contributed by atoms with E-state index in [0.717, 1.165) is 10.0 Å². The molecule has 1 amide bonds. The monoisotopic (exact) mass is 455 g/mol. The number of esters is 1. The molecule has 0 fully saturated rings. The van der Waals surface area contributed by atoms with Crippen LogP contribution in [0.3, 0.4) is 0 Å². The van der Waals surface area contributed by atoms with Crippen molar-refractivity contribution in [3.8, 4) is 5.75 Å². The van der Waals surface area contributed by atoms with E-state index in [-0.39, 0.29) is 11.5 Å². The quantitative estimate of drug-likeness (QED) is 0.479. The molecule has 29 heavy (non-hydrogen) atoms. The van der Waals surface area contributed by atoms with Gasteiger partial charge in [0, 0.05) is 22.3 Å². The zero-order valence-corrected chi connectivity index (χ0v) is 18.2. The van der Waals surface area contributed by atoms with Gasteiger partial charge in [0.1, 0.15) is 5.75 Å². The number of carbonyl (C=O) groups excluding carboxylic acids is 2. The van der Waals surface area contributed by atoms with E-state index in [4.69, 9.17) is 9.47 Å². The van der Waals surface area contributed by atoms with Crippen molar-refractivity contribution >= 4 is 33.9 Å². The smallest absolute Gasteiger partial charge is 0.340 e. The van der Waals surface area contributed by atoms with Crippen LogP contribution in [0.15, 0.2) is 69.8 Å². The summed E-state index contributed by atoms with van der Waals surface area (Å²) in [6.07, 6.45) is 2.37. The second kappa shape index (κ2) is 9.09. The van der Waals surface area contributed by atoms with E-state index in [1.807, 2.05) is 42.5 Å². The summed E-state index contributed by atoms with van der Waals surface area (Å²) in [5.74, 6) is -0.141. The lowest BCUT2D eigenvalue weighted by Gasteiger charge is -2.17. The third kappa shape index (κ3) is 4.43. The topological polar surface area (TPSA) is 55.8 Å². The second-order valence-electron chi connectivity index (χ2n) is 6.59. The molecule has 0 spiro atoms. The molecule has 2 aromatic rings. The average molecular weight is 456 g/mol. The third-order valence-corrected chi connectivity index (χ3v) is 5.35. The Kier molecular flexibility index (Phi) is 6.54. The number of methoxy groups -OCH3 is 2. The van der Waals surface area contributed by atoms with Gasteiger partial charge in [0.15, 0.2) is 0 Å². The molecule has 0 atom stereocenters. The van der Waals surface area contributed by atoms with Crippen LogP contribution in [0.25, 0.3) is 6.08 Å². The van der Waals surface area contributed by atoms with Crippen LogP contribution in [0.4, 0.5) is 0 Å². The summed E-state index contributed by atoms with van der Waals surface area (Å²) >= 11 is 3.44. The van der Waals surface area contributed by atoms with Crippen LogP contribution >= 0.6 is 15.9 Å². The fourth-order valence-electron chi connectivity index (χ4n) is 3.36. The lowest BCUT2D eigenvalue weighted by Crippen LogP contribution is -2.27. The molecule has 3 rings (SSSR count). The number of benzene rings is 2. The van der Waals surface area contributed by atoms with Crippen LogP contribution in [0.5, 0.6) is 5.75 Å². The number of halogens is 1. The predicted octanol–water partition coefficient (Wildman–Crippen LogP) is 4.37. The van der Waals surface area contributed by atoms with Gasteiger partial charge in [0.2, 0.25) is 0 Å². The van der Waals surface area contributed by atoms with E-state index >= 15 is 0 Å². The van der Waals surface area contributed by atoms with Gasteiger partial charge >= 0.3 is 5.97 Å². The lowest BCUT2D eigenvalue weighted by molar-refractivity contribution is -0.136. The molecule has 1 heterocycles. The molecule has 5 nitrogen and oxygen atoms in total. The summed E-state index contributed by atoms with van der Waals surface area (Å²) in [4.78, 5) is 27.3. The number of carbonyl (C=O) groups is 2. The van der Waals surface area contributed by atoms with Crippen LogP contribution < -0.4 is 4.74 Å². The molecule has 1 aliphatic heterocycles. The van der Waals surface area contributed by atoms with Crippen LogP contribution in [-0.2, 0) is 20.7 Å². The predicted molar refractivity (Wildman–Crippen MR) is 115 cm³/mol. The maximum Gasteiger partial charge on any atom is 0.340 e. The largest absolute Gasteiger partial charge is 0.496 e. The molecule has 1 aliphatic rings. The van der Waals surface area contributed by atoms with Crippen molar-refractivity contribution in [2.45, 2.75) is 13.3 Å². The molecule has 0 aromatic heterocycles. The first-order valence-corrected chi connectivity index (χ1v) is 9.96. The van der Waals surface area contributed by atoms with E-state index < -0.39 is 5.97 Å². The highest BCUT2D eigenvalue weighted by Crippen LogP contribution is 2.34. The summed E-state index contributed by atoms with van der Waals surface area (Å²) in [7, 11) is 2.88. The number of rotatable bonds is 6. The first-order valence-electron chi connectivity index (χ1n) is 9.17. The minimum atomic E-state index is -0.529. The van der Waals surface area contributed by atoms with Crippen molar-refractivity contribution in [3.63, 3.8) is 0 Å². The molecular formula is C23H22BrNO4. The minimum Gasteiger partial charge on any atom is -0.496 e. The zero-order valence-electron chi connectivity index (χ0n) is 16.6. The molecule has 0 N–H and O–H groups in total. The number of amides is 1. The van der Waals surface area contributed by atoms with Gasteiger partial charge in [-0.15, -0.1) is 0 Å². The Labute approximate surface area is 178 Å². The minimum absolute atomic E-state index is 0.221. The first kappa shape index (κ1) is 20.9. The Balaban J connectivity index is 1.99. The number of allylic oxidation sites excluding steroid dienone is 1. The van der Waals surface area contributed by atoms with Crippen LogP contribution in [-0.4, -0.2) is 37.5 Å². The van der Waals surface area contributed by atoms with Gasteiger partial charge in [-0.25, -0.2) is 4.79 Å². The Bertz CT molecular complexity index is 995. The van der Waals surface area contributed by atoms with Gasteiger partial charge in [-0.3, -0.25) is 4.79 Å². The fraction of sp³-hybridized carbons (Fsp3) is 0.217. The van der Waals surface area contributed by atoms with Gasteiger partial charge in [-0.1, -0.05) is 46.3 Å². The molecule has 0 aliphatic carbocycles. The van der Waals surface area contributed by atoms with Crippen molar-refractivity contribution in [1.82, 2.24) is 4.90 Å². The fourth-order valence-corrected chi connectivity index (χ4v) is 3.74. The first-order chi connectivity index (χ1) is 14.0. The van der Waals surface area contributed by atoms with Gasteiger partial charge in [-0.05, 0) is 43.2 Å². The number of nitrogens with zero attached hydrogens (tertiary/aromatic N) is 1. The Morgan fingerprint density at radius 3 is 2.52 bits per heavy atom. The van der Waals surface area contributed by atoms with Crippen molar-refractivity contribution < 1.29 is 19.1 Å². The summed E-state index contributed by atoms with van der Waals surface area (Å²) in [6, 6.07) is 15.4. The maximum absolute atomic E-state index is 13.2. The highest BCUT2D eigenvalue weighted by molar-refractivity contribution is 9.10. The molecule has 0 unspecified atom stereocenters. The highest BCUT2D eigenvalue weighted by atomic mass is 79.9. The number of hydrogen-bond acceptors (Lipinski definition) is 4. The molecular weight excluding hydrogens is 434 g/mol. The van der Waals surface area contributed by atoms with Gasteiger partial charge < -0.3 is 14.4 Å². The molecule has 0 saturated heterocycles. The molecule has 150 valence electrons. The highest BCUT2D eigenvalue weighted by Gasteiger charge is 2.36. The lowest BCUT2D eigenvalue weighted by atomic mass is 10.0.